The summed E-state index contributed by atoms with van der Waals surface area (Å²) in [6.45, 7) is 6.10. The average molecular weight is 275 g/mol. The van der Waals surface area contributed by atoms with Crippen LogP contribution in [0.2, 0.25) is 0 Å². The smallest absolute Gasteiger partial charge is 0.124 e. The SMILES string of the molecule is CCCC(C)COCc1cc(C#CCN)ccc1OC. The van der Waals surface area contributed by atoms with Gasteiger partial charge in [-0.15, -0.1) is 0 Å². The minimum absolute atomic E-state index is 0.367. The van der Waals surface area contributed by atoms with E-state index in [1.54, 1.807) is 7.11 Å². The Morgan fingerprint density at radius 3 is 2.80 bits per heavy atom. The minimum atomic E-state index is 0.367. The quantitative estimate of drug-likeness (QED) is 0.778. The van der Waals surface area contributed by atoms with E-state index < -0.39 is 0 Å². The van der Waals surface area contributed by atoms with Crippen molar-refractivity contribution in [3.8, 4) is 17.6 Å². The third-order valence-electron chi connectivity index (χ3n) is 3.06. The summed E-state index contributed by atoms with van der Waals surface area (Å²) in [5.41, 5.74) is 7.36. The molecule has 0 amide bonds. The molecule has 3 nitrogen and oxygen atoms in total. The molecule has 0 spiro atoms. The largest absolute Gasteiger partial charge is 0.496 e. The molecule has 1 rings (SSSR count). The molecule has 1 aromatic rings. The summed E-state index contributed by atoms with van der Waals surface area (Å²) in [5.74, 6) is 7.31. The first-order chi connectivity index (χ1) is 9.71. The van der Waals surface area contributed by atoms with Crippen molar-refractivity contribution in [1.82, 2.24) is 0 Å². The average Bonchev–Trinajstić information content (AvgIpc) is 2.45. The molecule has 20 heavy (non-hydrogen) atoms. The van der Waals surface area contributed by atoms with Crippen LogP contribution in [-0.4, -0.2) is 20.3 Å². The lowest BCUT2D eigenvalue weighted by molar-refractivity contribution is 0.0879. The monoisotopic (exact) mass is 275 g/mol. The maximum absolute atomic E-state index is 5.78. The summed E-state index contributed by atoms with van der Waals surface area (Å²) in [6.07, 6.45) is 2.39. The first kappa shape index (κ1) is 16.6. The second-order valence-electron chi connectivity index (χ2n) is 4.94. The lowest BCUT2D eigenvalue weighted by atomic mass is 10.1. The van der Waals surface area contributed by atoms with Crippen LogP contribution in [0.4, 0.5) is 0 Å². The first-order valence-electron chi connectivity index (χ1n) is 7.14. The van der Waals surface area contributed by atoms with Gasteiger partial charge in [-0.1, -0.05) is 32.1 Å². The van der Waals surface area contributed by atoms with Crippen LogP contribution in [-0.2, 0) is 11.3 Å². The molecular formula is C17H25NO2. The van der Waals surface area contributed by atoms with Crippen molar-refractivity contribution < 1.29 is 9.47 Å². The second kappa shape index (κ2) is 9.41. The van der Waals surface area contributed by atoms with Crippen molar-refractivity contribution >= 4 is 0 Å². The van der Waals surface area contributed by atoms with Crippen molar-refractivity contribution in [1.29, 1.82) is 0 Å². The Bertz CT molecular complexity index is 460. The number of methoxy groups -OCH3 is 1. The third kappa shape index (κ3) is 5.64. The van der Waals surface area contributed by atoms with Crippen molar-refractivity contribution in [3.63, 3.8) is 0 Å². The van der Waals surface area contributed by atoms with E-state index in [9.17, 15) is 0 Å². The van der Waals surface area contributed by atoms with Crippen LogP contribution in [0.3, 0.4) is 0 Å². The van der Waals surface area contributed by atoms with Gasteiger partial charge in [0.1, 0.15) is 5.75 Å². The first-order valence-corrected chi connectivity index (χ1v) is 7.14. The number of ether oxygens (including phenoxy) is 2. The molecule has 0 heterocycles. The fourth-order valence-electron chi connectivity index (χ4n) is 2.07. The van der Waals surface area contributed by atoms with Gasteiger partial charge >= 0.3 is 0 Å². The van der Waals surface area contributed by atoms with Gasteiger partial charge in [0.15, 0.2) is 0 Å². The predicted molar refractivity (Wildman–Crippen MR) is 82.7 cm³/mol. The highest BCUT2D eigenvalue weighted by Crippen LogP contribution is 2.21. The van der Waals surface area contributed by atoms with Crippen LogP contribution in [0.15, 0.2) is 18.2 Å². The Balaban J connectivity index is 2.66. The number of hydrogen-bond acceptors (Lipinski definition) is 3. The Kier molecular flexibility index (Phi) is 7.79. The van der Waals surface area contributed by atoms with Gasteiger partial charge in [0.2, 0.25) is 0 Å². The van der Waals surface area contributed by atoms with E-state index in [0.29, 0.717) is 19.1 Å². The molecule has 2 N–H and O–H groups in total. The molecule has 0 aromatic heterocycles. The molecule has 1 atom stereocenters. The maximum atomic E-state index is 5.78. The van der Waals surface area contributed by atoms with E-state index in [4.69, 9.17) is 15.2 Å². The topological polar surface area (TPSA) is 44.5 Å². The molecule has 0 bridgehead atoms. The van der Waals surface area contributed by atoms with Crippen molar-refractivity contribution in [3.05, 3.63) is 29.3 Å². The Hall–Kier alpha value is -1.50. The summed E-state index contributed by atoms with van der Waals surface area (Å²) in [5, 5.41) is 0. The van der Waals surface area contributed by atoms with Gasteiger partial charge in [-0.25, -0.2) is 0 Å². The Labute approximate surface area is 122 Å². The molecule has 0 fully saturated rings. The van der Waals surface area contributed by atoms with Gasteiger partial charge in [-0.2, -0.15) is 0 Å². The fraction of sp³-hybridized carbons (Fsp3) is 0.529. The molecule has 0 aliphatic carbocycles. The standard InChI is InChI=1S/C17H25NO2/c1-4-6-14(2)12-20-13-16-11-15(7-5-10-18)8-9-17(16)19-3/h8-9,11,14H,4,6,10,12-13,18H2,1-3H3. The normalized spacial score (nSPS) is 11.6. The van der Waals surface area contributed by atoms with Crippen LogP contribution >= 0.6 is 0 Å². The van der Waals surface area contributed by atoms with Crippen molar-refractivity contribution in [2.75, 3.05) is 20.3 Å². The molecule has 0 radical (unpaired) electrons. The lowest BCUT2D eigenvalue weighted by Gasteiger charge is -2.13. The molecule has 1 unspecified atom stereocenters. The van der Waals surface area contributed by atoms with Gasteiger partial charge in [-0.3, -0.25) is 0 Å². The van der Waals surface area contributed by atoms with Crippen molar-refractivity contribution in [2.45, 2.75) is 33.3 Å². The van der Waals surface area contributed by atoms with Gasteiger partial charge < -0.3 is 15.2 Å². The highest BCUT2D eigenvalue weighted by atomic mass is 16.5. The summed E-state index contributed by atoms with van der Waals surface area (Å²) >= 11 is 0. The molecule has 3 heteroatoms. The molecule has 1 aromatic carbocycles. The summed E-state index contributed by atoms with van der Waals surface area (Å²) < 4.78 is 11.1. The lowest BCUT2D eigenvalue weighted by Crippen LogP contribution is -2.06. The van der Waals surface area contributed by atoms with E-state index >= 15 is 0 Å². The zero-order valence-electron chi connectivity index (χ0n) is 12.7. The van der Waals surface area contributed by atoms with E-state index in [1.807, 2.05) is 18.2 Å². The molecule has 110 valence electrons. The molecule has 0 aliphatic heterocycles. The highest BCUT2D eigenvalue weighted by molar-refractivity contribution is 5.44. The zero-order valence-corrected chi connectivity index (χ0v) is 12.7. The maximum Gasteiger partial charge on any atom is 0.124 e. The van der Waals surface area contributed by atoms with Crippen LogP contribution in [0.5, 0.6) is 5.75 Å². The Morgan fingerprint density at radius 2 is 2.15 bits per heavy atom. The van der Waals surface area contributed by atoms with Crippen LogP contribution in [0.25, 0.3) is 0 Å². The summed E-state index contributed by atoms with van der Waals surface area (Å²) in [7, 11) is 1.67. The van der Waals surface area contributed by atoms with Crippen molar-refractivity contribution in [2.24, 2.45) is 11.7 Å². The van der Waals surface area contributed by atoms with E-state index in [0.717, 1.165) is 23.5 Å². The van der Waals surface area contributed by atoms with Crippen LogP contribution < -0.4 is 10.5 Å². The van der Waals surface area contributed by atoms with E-state index in [-0.39, 0.29) is 0 Å². The zero-order chi connectivity index (χ0) is 14.8. The molecule has 0 saturated heterocycles. The van der Waals surface area contributed by atoms with Crippen LogP contribution in [0, 0.1) is 17.8 Å². The fourth-order valence-corrected chi connectivity index (χ4v) is 2.07. The molecule has 0 aliphatic rings. The van der Waals surface area contributed by atoms with Gasteiger partial charge in [0, 0.05) is 17.7 Å². The second-order valence-corrected chi connectivity index (χ2v) is 4.94. The third-order valence-corrected chi connectivity index (χ3v) is 3.06. The van der Waals surface area contributed by atoms with E-state index in [2.05, 4.69) is 25.7 Å². The Morgan fingerprint density at radius 1 is 1.35 bits per heavy atom. The number of hydrogen-bond donors (Lipinski definition) is 1. The highest BCUT2D eigenvalue weighted by Gasteiger charge is 2.06. The summed E-state index contributed by atoms with van der Waals surface area (Å²) in [6, 6.07) is 5.87. The molecular weight excluding hydrogens is 250 g/mol. The minimum Gasteiger partial charge on any atom is -0.496 e. The van der Waals surface area contributed by atoms with Gasteiger partial charge in [-0.05, 0) is 30.5 Å². The number of rotatable bonds is 7. The summed E-state index contributed by atoms with van der Waals surface area (Å²) in [4.78, 5) is 0. The molecule has 0 saturated carbocycles. The number of benzene rings is 1. The van der Waals surface area contributed by atoms with Gasteiger partial charge in [0.25, 0.3) is 0 Å². The number of nitrogens with two attached hydrogens (primary N) is 1. The van der Waals surface area contributed by atoms with E-state index in [1.165, 1.54) is 12.8 Å². The van der Waals surface area contributed by atoms with Gasteiger partial charge in [0.05, 0.1) is 20.3 Å². The predicted octanol–water partition coefficient (Wildman–Crippen LogP) is 2.96. The van der Waals surface area contributed by atoms with Crippen LogP contribution in [0.1, 0.15) is 37.8 Å².